The highest BCUT2D eigenvalue weighted by Crippen LogP contribution is 2.43. The fraction of sp³-hybridized carbons (Fsp3) is 0.118. The Kier molecular flexibility index (Phi) is 3.25. The van der Waals surface area contributed by atoms with Crippen LogP contribution in [-0.4, -0.2) is 23.3 Å². The molecule has 0 unspecified atom stereocenters. The first-order valence-electron chi connectivity index (χ1n) is 6.66. The van der Waals surface area contributed by atoms with Gasteiger partial charge >= 0.3 is 11.9 Å². The lowest BCUT2D eigenvalue weighted by Crippen LogP contribution is -2.28. The summed E-state index contributed by atoms with van der Waals surface area (Å²) >= 11 is 0. The maximum absolute atomic E-state index is 12.1. The average molecular weight is 296 g/mol. The molecule has 22 heavy (non-hydrogen) atoms. The van der Waals surface area contributed by atoms with Crippen molar-refractivity contribution in [3.8, 4) is 0 Å². The Morgan fingerprint density at radius 1 is 1.09 bits per heavy atom. The zero-order valence-electron chi connectivity index (χ0n) is 11.7. The van der Waals surface area contributed by atoms with E-state index in [1.54, 1.807) is 24.3 Å². The van der Waals surface area contributed by atoms with Crippen LogP contribution in [0, 0.1) is 0 Å². The molecule has 1 aliphatic heterocycles. The van der Waals surface area contributed by atoms with E-state index in [0.717, 1.165) is 0 Å². The maximum Gasteiger partial charge on any atom is 0.376 e. The molecule has 110 valence electrons. The third kappa shape index (κ3) is 2.26. The monoisotopic (exact) mass is 296 g/mol. The molecule has 1 aromatic rings. The smallest absolute Gasteiger partial charge is 0.376 e. The van der Waals surface area contributed by atoms with Crippen molar-refractivity contribution in [1.29, 1.82) is 0 Å². The van der Waals surface area contributed by atoms with Crippen molar-refractivity contribution in [2.75, 3.05) is 0 Å². The summed E-state index contributed by atoms with van der Waals surface area (Å²) in [6.45, 7) is 1.21. The standard InChI is InChI=1S/C17H12O5/c1-11(18)21-15-14(12-5-3-2-4-6-12)17(22-16(15)20)9-7-13(19)8-10-17/h2-10H,1H3. The largest absolute Gasteiger partial charge is 0.439 e. The number of ketones is 1. The lowest BCUT2D eigenvalue weighted by molar-refractivity contribution is -0.150. The number of allylic oxidation sites excluding steroid dienone is 2. The molecule has 2 aliphatic rings. The van der Waals surface area contributed by atoms with Crippen LogP contribution in [-0.2, 0) is 23.9 Å². The van der Waals surface area contributed by atoms with Crippen molar-refractivity contribution in [2.24, 2.45) is 0 Å². The van der Waals surface area contributed by atoms with E-state index in [0.29, 0.717) is 11.1 Å². The van der Waals surface area contributed by atoms with Gasteiger partial charge in [-0.15, -0.1) is 0 Å². The third-order valence-corrected chi connectivity index (χ3v) is 3.36. The number of esters is 2. The van der Waals surface area contributed by atoms with Gasteiger partial charge < -0.3 is 9.47 Å². The molecular formula is C17H12O5. The highest BCUT2D eigenvalue weighted by Gasteiger charge is 2.47. The van der Waals surface area contributed by atoms with Crippen LogP contribution in [0.1, 0.15) is 12.5 Å². The van der Waals surface area contributed by atoms with Gasteiger partial charge in [0.25, 0.3) is 0 Å². The van der Waals surface area contributed by atoms with E-state index in [2.05, 4.69) is 0 Å². The van der Waals surface area contributed by atoms with Crippen LogP contribution in [0.4, 0.5) is 0 Å². The number of benzene rings is 1. The lowest BCUT2D eigenvalue weighted by Gasteiger charge is -2.25. The van der Waals surface area contributed by atoms with Gasteiger partial charge in [0, 0.05) is 6.92 Å². The van der Waals surface area contributed by atoms with Gasteiger partial charge in [-0.3, -0.25) is 9.59 Å². The van der Waals surface area contributed by atoms with Crippen LogP contribution in [0.2, 0.25) is 0 Å². The third-order valence-electron chi connectivity index (χ3n) is 3.36. The van der Waals surface area contributed by atoms with E-state index in [9.17, 15) is 14.4 Å². The Balaban J connectivity index is 2.21. The Morgan fingerprint density at radius 3 is 2.32 bits per heavy atom. The topological polar surface area (TPSA) is 69.7 Å². The second-order valence-electron chi connectivity index (χ2n) is 4.92. The molecule has 0 atom stereocenters. The van der Waals surface area contributed by atoms with E-state index < -0.39 is 17.5 Å². The molecule has 0 aromatic heterocycles. The van der Waals surface area contributed by atoms with Crippen LogP contribution in [0.5, 0.6) is 0 Å². The van der Waals surface area contributed by atoms with E-state index in [1.165, 1.54) is 31.2 Å². The molecule has 5 nitrogen and oxygen atoms in total. The van der Waals surface area contributed by atoms with Crippen molar-refractivity contribution in [1.82, 2.24) is 0 Å². The number of carbonyl (C=O) groups is 3. The second-order valence-corrected chi connectivity index (χ2v) is 4.92. The minimum absolute atomic E-state index is 0.151. The summed E-state index contributed by atoms with van der Waals surface area (Å²) in [4.78, 5) is 34.8. The second kappa shape index (κ2) is 5.11. The quantitative estimate of drug-likeness (QED) is 0.780. The van der Waals surface area contributed by atoms with E-state index in [-0.39, 0.29) is 11.5 Å². The van der Waals surface area contributed by atoms with Gasteiger partial charge in [-0.05, 0) is 29.9 Å². The van der Waals surface area contributed by atoms with E-state index in [4.69, 9.17) is 9.47 Å². The first-order valence-corrected chi connectivity index (χ1v) is 6.66. The van der Waals surface area contributed by atoms with Crippen LogP contribution >= 0.6 is 0 Å². The summed E-state index contributed by atoms with van der Waals surface area (Å²) in [5.74, 6) is -1.70. The lowest BCUT2D eigenvalue weighted by atomic mass is 9.85. The summed E-state index contributed by atoms with van der Waals surface area (Å²) in [6, 6.07) is 8.98. The zero-order valence-corrected chi connectivity index (χ0v) is 11.7. The summed E-state index contributed by atoms with van der Waals surface area (Å²) in [5, 5.41) is 0. The summed E-state index contributed by atoms with van der Waals surface area (Å²) in [7, 11) is 0. The number of ether oxygens (including phenoxy) is 2. The molecule has 1 aliphatic carbocycles. The molecule has 0 saturated heterocycles. The highest BCUT2D eigenvalue weighted by molar-refractivity contribution is 6.08. The van der Waals surface area contributed by atoms with Gasteiger partial charge in [0.2, 0.25) is 5.76 Å². The molecule has 1 spiro atoms. The van der Waals surface area contributed by atoms with Gasteiger partial charge in [0.15, 0.2) is 11.4 Å². The fourth-order valence-electron chi connectivity index (χ4n) is 2.49. The van der Waals surface area contributed by atoms with E-state index >= 15 is 0 Å². The minimum atomic E-state index is -1.23. The predicted molar refractivity (Wildman–Crippen MR) is 77.2 cm³/mol. The number of hydrogen-bond donors (Lipinski definition) is 0. The summed E-state index contributed by atoms with van der Waals surface area (Å²) < 4.78 is 10.5. The van der Waals surface area contributed by atoms with Gasteiger partial charge in [0.05, 0.1) is 5.57 Å². The first kappa shape index (κ1) is 14.0. The van der Waals surface area contributed by atoms with Gasteiger partial charge in [-0.25, -0.2) is 4.79 Å². The Hall–Kier alpha value is -2.95. The molecule has 5 heteroatoms. The van der Waals surface area contributed by atoms with Crippen LogP contribution < -0.4 is 0 Å². The molecule has 0 N–H and O–H groups in total. The van der Waals surface area contributed by atoms with Crippen molar-refractivity contribution in [2.45, 2.75) is 12.5 Å². The van der Waals surface area contributed by atoms with Gasteiger partial charge in [-0.2, -0.15) is 0 Å². The van der Waals surface area contributed by atoms with E-state index in [1.807, 2.05) is 6.07 Å². The predicted octanol–water partition coefficient (Wildman–Crippen LogP) is 1.95. The molecular weight excluding hydrogens is 284 g/mol. The van der Waals surface area contributed by atoms with Crippen molar-refractivity contribution in [3.63, 3.8) is 0 Å². The molecule has 0 saturated carbocycles. The molecule has 0 amide bonds. The SMILES string of the molecule is CC(=O)OC1=C(c2ccccc2)C2(C=CC(=O)C=C2)OC1=O. The summed E-state index contributed by atoms with van der Waals surface area (Å²) in [5.41, 5.74) is -0.140. The Labute approximate surface area is 126 Å². The highest BCUT2D eigenvalue weighted by atomic mass is 16.6. The number of carbonyl (C=O) groups excluding carboxylic acids is 3. The minimum Gasteiger partial charge on any atom is -0.439 e. The Morgan fingerprint density at radius 2 is 1.73 bits per heavy atom. The molecule has 1 heterocycles. The molecule has 1 aromatic carbocycles. The molecule has 3 rings (SSSR count). The summed E-state index contributed by atoms with van der Waals surface area (Å²) in [6.07, 6.45) is 5.64. The molecule has 0 fully saturated rings. The molecule has 0 radical (unpaired) electrons. The van der Waals surface area contributed by atoms with Crippen molar-refractivity contribution in [3.05, 3.63) is 66.0 Å². The van der Waals surface area contributed by atoms with Crippen LogP contribution in [0.3, 0.4) is 0 Å². The number of hydrogen-bond acceptors (Lipinski definition) is 5. The van der Waals surface area contributed by atoms with Gasteiger partial charge in [-0.1, -0.05) is 30.3 Å². The molecule has 0 bridgehead atoms. The average Bonchev–Trinajstić information content (AvgIpc) is 2.75. The first-order chi connectivity index (χ1) is 10.5. The van der Waals surface area contributed by atoms with Crippen LogP contribution in [0.25, 0.3) is 5.57 Å². The Bertz CT molecular complexity index is 737. The van der Waals surface area contributed by atoms with Crippen molar-refractivity contribution < 1.29 is 23.9 Å². The van der Waals surface area contributed by atoms with Crippen molar-refractivity contribution >= 4 is 23.3 Å². The zero-order chi connectivity index (χ0) is 15.7. The fourth-order valence-corrected chi connectivity index (χ4v) is 2.49. The maximum atomic E-state index is 12.1. The normalized spacial score (nSPS) is 18.8. The van der Waals surface area contributed by atoms with Crippen LogP contribution in [0.15, 0.2) is 60.4 Å². The van der Waals surface area contributed by atoms with Gasteiger partial charge in [0.1, 0.15) is 0 Å². The number of rotatable bonds is 2.